The highest BCUT2D eigenvalue weighted by Crippen LogP contribution is 2.18. The van der Waals surface area contributed by atoms with E-state index < -0.39 is 0 Å². The van der Waals surface area contributed by atoms with Crippen molar-refractivity contribution in [2.45, 2.75) is 44.2 Å². The second kappa shape index (κ2) is 5.47. The van der Waals surface area contributed by atoms with Gasteiger partial charge < -0.3 is 15.4 Å². The summed E-state index contributed by atoms with van der Waals surface area (Å²) < 4.78 is 5.27. The lowest BCUT2D eigenvalue weighted by Crippen LogP contribution is -2.37. The van der Waals surface area contributed by atoms with Crippen LogP contribution in [0.2, 0.25) is 0 Å². The summed E-state index contributed by atoms with van der Waals surface area (Å²) in [7, 11) is 0. The molecule has 15 heavy (non-hydrogen) atoms. The first-order valence-corrected chi connectivity index (χ1v) is 5.95. The third-order valence-electron chi connectivity index (χ3n) is 2.95. The molecule has 0 radical (unpaired) electrons. The fourth-order valence-electron chi connectivity index (χ4n) is 1.82. The van der Waals surface area contributed by atoms with Gasteiger partial charge in [-0.05, 0) is 25.7 Å². The van der Waals surface area contributed by atoms with Crippen LogP contribution in [0.1, 0.15) is 32.1 Å². The van der Waals surface area contributed by atoms with E-state index in [1.807, 2.05) is 0 Å². The molecule has 1 saturated heterocycles. The van der Waals surface area contributed by atoms with Crippen LogP contribution in [0.3, 0.4) is 0 Å². The van der Waals surface area contributed by atoms with Crippen LogP contribution >= 0.6 is 0 Å². The number of rotatable bonds is 5. The highest BCUT2D eigenvalue weighted by atomic mass is 16.5. The zero-order valence-electron chi connectivity index (χ0n) is 9.13. The van der Waals surface area contributed by atoms with Gasteiger partial charge in [-0.2, -0.15) is 0 Å². The predicted molar refractivity (Wildman–Crippen MR) is 57.6 cm³/mol. The van der Waals surface area contributed by atoms with Gasteiger partial charge in [-0.3, -0.25) is 4.79 Å². The summed E-state index contributed by atoms with van der Waals surface area (Å²) in [5.41, 5.74) is 0. The lowest BCUT2D eigenvalue weighted by Gasteiger charge is -2.23. The van der Waals surface area contributed by atoms with Crippen LogP contribution in [-0.2, 0) is 9.53 Å². The standard InChI is InChI=1S/C11H20N2O2/c14-11(13-10-1-2-10)3-6-12-9-4-7-15-8-5-9/h9-10,12H,1-8H2,(H,13,14). The molecule has 2 rings (SSSR count). The Kier molecular flexibility index (Phi) is 3.97. The van der Waals surface area contributed by atoms with Crippen molar-refractivity contribution in [3.8, 4) is 0 Å². The molecule has 4 nitrogen and oxygen atoms in total. The van der Waals surface area contributed by atoms with Gasteiger partial charge in [0.25, 0.3) is 0 Å². The van der Waals surface area contributed by atoms with E-state index in [2.05, 4.69) is 10.6 Å². The Morgan fingerprint density at radius 1 is 1.13 bits per heavy atom. The van der Waals surface area contributed by atoms with Crippen LogP contribution in [0.25, 0.3) is 0 Å². The number of carbonyl (C=O) groups excluding carboxylic acids is 1. The number of ether oxygens (including phenoxy) is 1. The van der Waals surface area contributed by atoms with Crippen molar-refractivity contribution in [2.24, 2.45) is 0 Å². The van der Waals surface area contributed by atoms with Gasteiger partial charge >= 0.3 is 0 Å². The van der Waals surface area contributed by atoms with E-state index in [4.69, 9.17) is 4.74 Å². The lowest BCUT2D eigenvalue weighted by molar-refractivity contribution is -0.121. The van der Waals surface area contributed by atoms with Crippen molar-refractivity contribution < 1.29 is 9.53 Å². The molecular weight excluding hydrogens is 192 g/mol. The molecule has 0 aromatic rings. The number of hydrogen-bond donors (Lipinski definition) is 2. The molecule has 0 aromatic carbocycles. The summed E-state index contributed by atoms with van der Waals surface area (Å²) in [5, 5.41) is 6.39. The van der Waals surface area contributed by atoms with Gasteiger partial charge in [0.2, 0.25) is 5.91 Å². The highest BCUT2D eigenvalue weighted by molar-refractivity contribution is 5.76. The highest BCUT2D eigenvalue weighted by Gasteiger charge is 2.22. The minimum atomic E-state index is 0.192. The molecule has 86 valence electrons. The molecule has 2 N–H and O–H groups in total. The number of carbonyl (C=O) groups is 1. The summed E-state index contributed by atoms with van der Waals surface area (Å²) in [5.74, 6) is 0.192. The fourth-order valence-corrected chi connectivity index (χ4v) is 1.82. The van der Waals surface area contributed by atoms with E-state index in [9.17, 15) is 4.79 Å². The molecule has 0 atom stereocenters. The normalized spacial score (nSPS) is 22.7. The van der Waals surface area contributed by atoms with Crippen LogP contribution in [0.4, 0.5) is 0 Å². The van der Waals surface area contributed by atoms with Gasteiger partial charge in [0.05, 0.1) is 0 Å². The maximum atomic E-state index is 11.4. The zero-order chi connectivity index (χ0) is 10.5. The van der Waals surface area contributed by atoms with Gasteiger partial charge in [-0.1, -0.05) is 0 Å². The molecule has 1 heterocycles. The average molecular weight is 212 g/mol. The molecule has 2 aliphatic rings. The van der Waals surface area contributed by atoms with E-state index in [1.54, 1.807) is 0 Å². The average Bonchev–Trinajstić information content (AvgIpc) is 3.03. The maximum absolute atomic E-state index is 11.4. The molecule has 0 aromatic heterocycles. The summed E-state index contributed by atoms with van der Waals surface area (Å²) >= 11 is 0. The Hall–Kier alpha value is -0.610. The number of amides is 1. The second-order valence-corrected chi connectivity index (χ2v) is 4.43. The largest absolute Gasteiger partial charge is 0.381 e. The quantitative estimate of drug-likeness (QED) is 0.694. The zero-order valence-corrected chi connectivity index (χ0v) is 9.13. The van der Waals surface area contributed by atoms with Gasteiger partial charge in [0.1, 0.15) is 0 Å². The van der Waals surface area contributed by atoms with E-state index in [-0.39, 0.29) is 5.91 Å². The van der Waals surface area contributed by atoms with E-state index in [0.29, 0.717) is 18.5 Å². The van der Waals surface area contributed by atoms with Crippen LogP contribution in [0, 0.1) is 0 Å². The molecule has 0 unspecified atom stereocenters. The van der Waals surface area contributed by atoms with Crippen molar-refractivity contribution >= 4 is 5.91 Å². The summed E-state index contributed by atoms with van der Waals surface area (Å²) in [4.78, 5) is 11.4. The van der Waals surface area contributed by atoms with E-state index in [1.165, 1.54) is 12.8 Å². The SMILES string of the molecule is O=C(CCNC1CCOCC1)NC1CC1. The molecular formula is C11H20N2O2. The Morgan fingerprint density at radius 2 is 1.87 bits per heavy atom. The smallest absolute Gasteiger partial charge is 0.221 e. The lowest BCUT2D eigenvalue weighted by atomic mass is 10.1. The van der Waals surface area contributed by atoms with Gasteiger partial charge in [0.15, 0.2) is 0 Å². The first-order valence-electron chi connectivity index (χ1n) is 5.95. The molecule has 1 saturated carbocycles. The Labute approximate surface area is 90.8 Å². The molecule has 1 aliphatic heterocycles. The third kappa shape index (κ3) is 4.18. The summed E-state index contributed by atoms with van der Waals surface area (Å²) in [6.07, 6.45) is 5.08. The monoisotopic (exact) mass is 212 g/mol. The molecule has 0 spiro atoms. The maximum Gasteiger partial charge on any atom is 0.221 e. The molecule has 1 amide bonds. The van der Waals surface area contributed by atoms with Gasteiger partial charge in [-0.25, -0.2) is 0 Å². The molecule has 4 heteroatoms. The predicted octanol–water partition coefficient (Wildman–Crippen LogP) is 0.424. The van der Waals surface area contributed by atoms with Gasteiger partial charge in [0, 0.05) is 38.3 Å². The fraction of sp³-hybridized carbons (Fsp3) is 0.909. The minimum absolute atomic E-state index is 0.192. The van der Waals surface area contributed by atoms with Crippen LogP contribution in [0.15, 0.2) is 0 Å². The minimum Gasteiger partial charge on any atom is -0.381 e. The van der Waals surface area contributed by atoms with Crippen molar-refractivity contribution in [3.05, 3.63) is 0 Å². The topological polar surface area (TPSA) is 50.4 Å². The van der Waals surface area contributed by atoms with Crippen LogP contribution in [0.5, 0.6) is 0 Å². The van der Waals surface area contributed by atoms with Crippen molar-refractivity contribution in [3.63, 3.8) is 0 Å². The van der Waals surface area contributed by atoms with Crippen molar-refractivity contribution in [2.75, 3.05) is 19.8 Å². The Balaban J connectivity index is 1.51. The molecule has 0 bridgehead atoms. The van der Waals surface area contributed by atoms with Gasteiger partial charge in [-0.15, -0.1) is 0 Å². The van der Waals surface area contributed by atoms with E-state index in [0.717, 1.165) is 32.6 Å². The summed E-state index contributed by atoms with van der Waals surface area (Å²) in [6, 6.07) is 1.04. The van der Waals surface area contributed by atoms with E-state index >= 15 is 0 Å². The molecule has 2 fully saturated rings. The number of nitrogens with one attached hydrogen (secondary N) is 2. The number of hydrogen-bond acceptors (Lipinski definition) is 3. The molecule has 1 aliphatic carbocycles. The first kappa shape index (κ1) is 10.9. The van der Waals surface area contributed by atoms with Crippen molar-refractivity contribution in [1.29, 1.82) is 0 Å². The Morgan fingerprint density at radius 3 is 2.53 bits per heavy atom. The first-order chi connectivity index (χ1) is 7.34. The Bertz CT molecular complexity index is 211. The van der Waals surface area contributed by atoms with Crippen LogP contribution in [-0.4, -0.2) is 37.7 Å². The summed E-state index contributed by atoms with van der Waals surface area (Å²) in [6.45, 7) is 2.50. The van der Waals surface area contributed by atoms with Crippen molar-refractivity contribution in [1.82, 2.24) is 10.6 Å². The second-order valence-electron chi connectivity index (χ2n) is 4.43. The third-order valence-corrected chi connectivity index (χ3v) is 2.95. The van der Waals surface area contributed by atoms with Crippen LogP contribution < -0.4 is 10.6 Å².